The van der Waals surface area contributed by atoms with Crippen LogP contribution in [0.4, 0.5) is 0 Å². The van der Waals surface area contributed by atoms with Gasteiger partial charge in [-0.3, -0.25) is 4.79 Å². The standard InChI is InChI=1S/C17H19ClN2O3S2/c1-19(25(22,23)17-10-9-15(18)24-17)11-16(21)20(2)14-8-7-12-5-3-4-6-13(12)14/h3-6,9-10,14H,7-8,11H2,1-2H3. The van der Waals surface area contributed by atoms with Gasteiger partial charge in [-0.2, -0.15) is 4.31 Å². The molecule has 3 rings (SSSR count). The lowest BCUT2D eigenvalue weighted by Gasteiger charge is -2.27. The van der Waals surface area contributed by atoms with Crippen LogP contribution in [-0.4, -0.2) is 44.2 Å². The van der Waals surface area contributed by atoms with E-state index in [1.54, 1.807) is 11.9 Å². The van der Waals surface area contributed by atoms with Crippen molar-refractivity contribution in [2.24, 2.45) is 0 Å². The Morgan fingerprint density at radius 2 is 1.96 bits per heavy atom. The van der Waals surface area contributed by atoms with Crippen LogP contribution in [-0.2, 0) is 21.2 Å². The summed E-state index contributed by atoms with van der Waals surface area (Å²) in [5, 5.41) is 0. The molecule has 1 aromatic carbocycles. The Hall–Kier alpha value is -1.41. The van der Waals surface area contributed by atoms with Crippen molar-refractivity contribution in [3.05, 3.63) is 51.9 Å². The number of likely N-dealkylation sites (N-methyl/N-ethyl adjacent to an activating group) is 2. The third-order valence-electron chi connectivity index (χ3n) is 4.53. The maximum Gasteiger partial charge on any atom is 0.252 e. The van der Waals surface area contributed by atoms with E-state index in [-0.39, 0.29) is 22.7 Å². The number of halogens is 1. The first-order chi connectivity index (χ1) is 11.8. The van der Waals surface area contributed by atoms with E-state index < -0.39 is 10.0 Å². The number of hydrogen-bond acceptors (Lipinski definition) is 4. The van der Waals surface area contributed by atoms with Crippen molar-refractivity contribution in [3.8, 4) is 0 Å². The zero-order chi connectivity index (χ0) is 18.2. The fraction of sp³-hybridized carbons (Fsp3) is 0.353. The first-order valence-electron chi connectivity index (χ1n) is 7.86. The van der Waals surface area contributed by atoms with Crippen molar-refractivity contribution in [2.75, 3.05) is 20.6 Å². The van der Waals surface area contributed by atoms with Gasteiger partial charge in [0.05, 0.1) is 16.9 Å². The zero-order valence-corrected chi connectivity index (χ0v) is 16.4. The van der Waals surface area contributed by atoms with Gasteiger partial charge in [0.2, 0.25) is 5.91 Å². The Bertz CT molecular complexity index is 895. The van der Waals surface area contributed by atoms with E-state index in [4.69, 9.17) is 11.6 Å². The molecular formula is C17H19ClN2O3S2. The van der Waals surface area contributed by atoms with Crippen molar-refractivity contribution in [3.63, 3.8) is 0 Å². The average molecular weight is 399 g/mol. The molecule has 0 spiro atoms. The van der Waals surface area contributed by atoms with Gasteiger partial charge in [-0.05, 0) is 36.1 Å². The summed E-state index contributed by atoms with van der Waals surface area (Å²) in [6.07, 6.45) is 1.79. The van der Waals surface area contributed by atoms with Crippen molar-refractivity contribution in [1.82, 2.24) is 9.21 Å². The third-order valence-corrected chi connectivity index (χ3v) is 8.04. The first kappa shape index (κ1) is 18.4. The van der Waals surface area contributed by atoms with Gasteiger partial charge >= 0.3 is 0 Å². The van der Waals surface area contributed by atoms with Crippen molar-refractivity contribution in [1.29, 1.82) is 0 Å². The highest BCUT2D eigenvalue weighted by molar-refractivity contribution is 7.91. The smallest absolute Gasteiger partial charge is 0.252 e. The summed E-state index contributed by atoms with van der Waals surface area (Å²) in [4.78, 5) is 14.3. The van der Waals surface area contributed by atoms with Gasteiger partial charge in [-0.25, -0.2) is 8.42 Å². The van der Waals surface area contributed by atoms with Crippen LogP contribution in [0.2, 0.25) is 4.34 Å². The molecule has 1 amide bonds. The highest BCUT2D eigenvalue weighted by Gasteiger charge is 2.31. The number of carbonyl (C=O) groups is 1. The number of nitrogens with zero attached hydrogens (tertiary/aromatic N) is 2. The normalized spacial score (nSPS) is 16.9. The van der Waals surface area contributed by atoms with E-state index in [1.165, 1.54) is 24.7 Å². The number of thiophene rings is 1. The van der Waals surface area contributed by atoms with Crippen LogP contribution in [0.3, 0.4) is 0 Å². The molecule has 2 aromatic rings. The van der Waals surface area contributed by atoms with Gasteiger partial charge in [0.15, 0.2) is 0 Å². The number of aryl methyl sites for hydroxylation is 1. The van der Waals surface area contributed by atoms with E-state index in [9.17, 15) is 13.2 Å². The lowest BCUT2D eigenvalue weighted by Crippen LogP contribution is -2.40. The number of fused-ring (bicyclic) bond motifs is 1. The lowest BCUT2D eigenvalue weighted by atomic mass is 10.1. The molecule has 134 valence electrons. The SMILES string of the molecule is CN(C(=O)CN(C)S(=O)(=O)c1ccc(Cl)s1)C1CCc2ccccc21. The molecule has 1 aliphatic carbocycles. The largest absolute Gasteiger partial charge is 0.338 e. The monoisotopic (exact) mass is 398 g/mol. The summed E-state index contributed by atoms with van der Waals surface area (Å²) < 4.78 is 26.7. The predicted octanol–water partition coefficient (Wildman–Crippen LogP) is 3.17. The number of amides is 1. The van der Waals surface area contributed by atoms with Crippen LogP contribution in [0.1, 0.15) is 23.6 Å². The van der Waals surface area contributed by atoms with Crippen LogP contribution in [0.5, 0.6) is 0 Å². The van der Waals surface area contributed by atoms with Crippen LogP contribution in [0, 0.1) is 0 Å². The van der Waals surface area contributed by atoms with E-state index in [0.29, 0.717) is 4.34 Å². The summed E-state index contributed by atoms with van der Waals surface area (Å²) >= 11 is 6.81. The minimum absolute atomic E-state index is 0.00372. The second-order valence-corrected chi connectivity index (χ2v) is 10.1. The maximum absolute atomic E-state index is 12.6. The molecule has 1 unspecified atom stereocenters. The molecule has 0 N–H and O–H groups in total. The average Bonchev–Trinajstić information content (AvgIpc) is 3.20. The molecular weight excluding hydrogens is 380 g/mol. The fourth-order valence-corrected chi connectivity index (χ4v) is 5.90. The fourth-order valence-electron chi connectivity index (χ4n) is 3.09. The van der Waals surface area contributed by atoms with Crippen molar-refractivity contribution < 1.29 is 13.2 Å². The van der Waals surface area contributed by atoms with E-state index in [2.05, 4.69) is 6.07 Å². The van der Waals surface area contributed by atoms with E-state index >= 15 is 0 Å². The summed E-state index contributed by atoms with van der Waals surface area (Å²) in [5.41, 5.74) is 2.40. The van der Waals surface area contributed by atoms with Crippen LogP contribution in [0.25, 0.3) is 0 Å². The summed E-state index contributed by atoms with van der Waals surface area (Å²) in [6.45, 7) is -0.201. The second kappa shape index (κ2) is 7.07. The summed E-state index contributed by atoms with van der Waals surface area (Å²) in [5.74, 6) is -0.226. The van der Waals surface area contributed by atoms with Crippen LogP contribution < -0.4 is 0 Å². The molecule has 0 fully saturated rings. The molecule has 0 saturated heterocycles. The molecule has 25 heavy (non-hydrogen) atoms. The molecule has 5 nitrogen and oxygen atoms in total. The third kappa shape index (κ3) is 3.60. The Morgan fingerprint density at radius 1 is 1.24 bits per heavy atom. The number of sulfonamides is 1. The minimum Gasteiger partial charge on any atom is -0.338 e. The Labute approximate surface area is 156 Å². The minimum atomic E-state index is -3.71. The van der Waals surface area contributed by atoms with Crippen molar-refractivity contribution in [2.45, 2.75) is 23.1 Å². The van der Waals surface area contributed by atoms with Gasteiger partial charge in [-0.15, -0.1) is 11.3 Å². The maximum atomic E-state index is 12.6. The molecule has 1 aliphatic rings. The Morgan fingerprint density at radius 3 is 2.64 bits per heavy atom. The lowest BCUT2D eigenvalue weighted by molar-refractivity contribution is -0.132. The second-order valence-electron chi connectivity index (χ2n) is 6.08. The van der Waals surface area contributed by atoms with Gasteiger partial charge in [-0.1, -0.05) is 35.9 Å². The highest BCUT2D eigenvalue weighted by atomic mass is 35.5. The number of benzene rings is 1. The van der Waals surface area contributed by atoms with Gasteiger partial charge in [0.1, 0.15) is 4.21 Å². The Kier molecular flexibility index (Phi) is 5.20. The quantitative estimate of drug-likeness (QED) is 0.777. The van der Waals surface area contributed by atoms with Gasteiger partial charge in [0.25, 0.3) is 10.0 Å². The zero-order valence-electron chi connectivity index (χ0n) is 14.0. The van der Waals surface area contributed by atoms with E-state index in [0.717, 1.165) is 34.0 Å². The van der Waals surface area contributed by atoms with Crippen molar-refractivity contribution >= 4 is 38.9 Å². The van der Waals surface area contributed by atoms with E-state index in [1.807, 2.05) is 18.2 Å². The number of rotatable bonds is 5. The Balaban J connectivity index is 1.72. The summed E-state index contributed by atoms with van der Waals surface area (Å²) in [7, 11) is -0.563. The highest BCUT2D eigenvalue weighted by Crippen LogP contribution is 2.35. The number of carbonyl (C=O) groups excluding carboxylic acids is 1. The van der Waals surface area contributed by atoms with Gasteiger partial charge < -0.3 is 4.90 Å². The topological polar surface area (TPSA) is 57.7 Å². The number of hydrogen-bond donors (Lipinski definition) is 0. The molecule has 0 saturated carbocycles. The van der Waals surface area contributed by atoms with Crippen LogP contribution >= 0.6 is 22.9 Å². The van der Waals surface area contributed by atoms with Crippen LogP contribution in [0.15, 0.2) is 40.6 Å². The van der Waals surface area contributed by atoms with Gasteiger partial charge in [0, 0.05) is 14.1 Å². The molecule has 1 atom stereocenters. The molecule has 1 aromatic heterocycles. The summed E-state index contributed by atoms with van der Waals surface area (Å²) in [6, 6.07) is 11.1. The molecule has 0 aliphatic heterocycles. The molecule has 0 bridgehead atoms. The molecule has 0 radical (unpaired) electrons. The first-order valence-corrected chi connectivity index (χ1v) is 10.5. The molecule has 1 heterocycles. The predicted molar refractivity (Wildman–Crippen MR) is 99.4 cm³/mol. The molecule has 8 heteroatoms.